The molecule has 0 atom stereocenters. The van der Waals surface area contributed by atoms with Gasteiger partial charge in [0.1, 0.15) is 5.01 Å². The average molecular weight is 400 g/mol. The van der Waals surface area contributed by atoms with Gasteiger partial charge in [-0.1, -0.05) is 66.7 Å². The number of rotatable bonds is 7. The van der Waals surface area contributed by atoms with Crippen molar-refractivity contribution in [3.05, 3.63) is 107 Å². The van der Waals surface area contributed by atoms with E-state index in [9.17, 15) is 4.79 Å². The standard InChI is InChI=1S/C24H21N3OS/c28-23(15-20-17-29-24(27-20)22-13-7-8-14-25-22)26-16-21(18-9-3-1-4-10-18)19-11-5-2-6-12-19/h1-14,17,21H,15-16H2,(H,26,28). The highest BCUT2D eigenvalue weighted by atomic mass is 32.1. The number of carbonyl (C=O) groups is 1. The van der Waals surface area contributed by atoms with Gasteiger partial charge >= 0.3 is 0 Å². The van der Waals surface area contributed by atoms with Crippen LogP contribution in [-0.2, 0) is 11.2 Å². The summed E-state index contributed by atoms with van der Waals surface area (Å²) >= 11 is 1.51. The molecule has 4 nitrogen and oxygen atoms in total. The Morgan fingerprint density at radius 2 is 1.55 bits per heavy atom. The molecule has 5 heteroatoms. The molecule has 4 aromatic rings. The molecular weight excluding hydrogens is 378 g/mol. The highest BCUT2D eigenvalue weighted by Gasteiger charge is 2.16. The highest BCUT2D eigenvalue weighted by Crippen LogP contribution is 2.24. The Labute approximate surface area is 174 Å². The van der Waals surface area contributed by atoms with Crippen molar-refractivity contribution in [3.8, 4) is 10.7 Å². The third-order valence-electron chi connectivity index (χ3n) is 4.68. The van der Waals surface area contributed by atoms with E-state index in [1.165, 1.54) is 22.5 Å². The van der Waals surface area contributed by atoms with E-state index >= 15 is 0 Å². The Balaban J connectivity index is 1.42. The van der Waals surface area contributed by atoms with Crippen LogP contribution in [0.4, 0.5) is 0 Å². The molecule has 29 heavy (non-hydrogen) atoms. The summed E-state index contributed by atoms with van der Waals surface area (Å²) in [5.41, 5.74) is 3.97. The molecule has 0 spiro atoms. The van der Waals surface area contributed by atoms with Crippen LogP contribution in [0.15, 0.2) is 90.4 Å². The van der Waals surface area contributed by atoms with Gasteiger partial charge in [-0.25, -0.2) is 4.98 Å². The molecular formula is C24H21N3OS. The van der Waals surface area contributed by atoms with Crippen LogP contribution in [0.1, 0.15) is 22.7 Å². The average Bonchev–Trinajstić information content (AvgIpc) is 3.24. The molecule has 0 fully saturated rings. The normalized spacial score (nSPS) is 10.8. The quantitative estimate of drug-likeness (QED) is 0.490. The maximum absolute atomic E-state index is 12.6. The van der Waals surface area contributed by atoms with Crippen LogP contribution in [0.2, 0.25) is 0 Å². The predicted octanol–water partition coefficient (Wildman–Crippen LogP) is 4.70. The van der Waals surface area contributed by atoms with Crippen molar-refractivity contribution in [2.24, 2.45) is 0 Å². The molecule has 0 unspecified atom stereocenters. The molecule has 0 bridgehead atoms. The van der Waals surface area contributed by atoms with E-state index in [-0.39, 0.29) is 18.2 Å². The molecule has 0 saturated carbocycles. The summed E-state index contributed by atoms with van der Waals surface area (Å²) in [6.45, 7) is 0.546. The Morgan fingerprint density at radius 1 is 0.897 bits per heavy atom. The van der Waals surface area contributed by atoms with Gasteiger partial charge in [-0.15, -0.1) is 11.3 Å². The second-order valence-corrected chi connectivity index (χ2v) is 7.57. The number of nitrogens with one attached hydrogen (secondary N) is 1. The molecule has 2 aromatic carbocycles. The van der Waals surface area contributed by atoms with E-state index < -0.39 is 0 Å². The Bertz CT molecular complexity index is 1010. The lowest BCUT2D eigenvalue weighted by Crippen LogP contribution is -2.30. The van der Waals surface area contributed by atoms with Crippen molar-refractivity contribution in [2.75, 3.05) is 6.54 Å². The predicted molar refractivity (Wildman–Crippen MR) is 117 cm³/mol. The Morgan fingerprint density at radius 3 is 2.17 bits per heavy atom. The number of amides is 1. The van der Waals surface area contributed by atoms with Crippen molar-refractivity contribution in [1.29, 1.82) is 0 Å². The van der Waals surface area contributed by atoms with Gasteiger partial charge < -0.3 is 5.32 Å². The van der Waals surface area contributed by atoms with Gasteiger partial charge in [-0.3, -0.25) is 9.78 Å². The van der Waals surface area contributed by atoms with Gasteiger partial charge in [0.15, 0.2) is 0 Å². The third-order valence-corrected chi connectivity index (χ3v) is 5.60. The topological polar surface area (TPSA) is 54.9 Å². The first-order valence-electron chi connectivity index (χ1n) is 9.52. The van der Waals surface area contributed by atoms with Gasteiger partial charge in [-0.05, 0) is 23.3 Å². The van der Waals surface area contributed by atoms with Crippen LogP contribution in [0.3, 0.4) is 0 Å². The third kappa shape index (κ3) is 4.95. The first-order valence-corrected chi connectivity index (χ1v) is 10.4. The summed E-state index contributed by atoms with van der Waals surface area (Å²) in [4.78, 5) is 21.4. The zero-order valence-electron chi connectivity index (χ0n) is 15.9. The lowest BCUT2D eigenvalue weighted by molar-refractivity contribution is -0.120. The van der Waals surface area contributed by atoms with E-state index in [1.807, 2.05) is 60.0 Å². The lowest BCUT2D eigenvalue weighted by Gasteiger charge is -2.18. The van der Waals surface area contributed by atoms with Crippen LogP contribution in [0.25, 0.3) is 10.7 Å². The largest absolute Gasteiger partial charge is 0.355 e. The molecule has 0 aliphatic heterocycles. The number of nitrogens with zero attached hydrogens (tertiary/aromatic N) is 2. The fraction of sp³-hybridized carbons (Fsp3) is 0.125. The van der Waals surface area contributed by atoms with Gasteiger partial charge in [0, 0.05) is 24.0 Å². The SMILES string of the molecule is O=C(Cc1csc(-c2ccccn2)n1)NCC(c1ccccc1)c1ccccc1. The zero-order valence-corrected chi connectivity index (χ0v) is 16.7. The lowest BCUT2D eigenvalue weighted by atomic mass is 9.91. The summed E-state index contributed by atoms with van der Waals surface area (Å²) < 4.78 is 0. The molecule has 2 heterocycles. The number of benzene rings is 2. The maximum atomic E-state index is 12.6. The second-order valence-electron chi connectivity index (χ2n) is 6.71. The van der Waals surface area contributed by atoms with Crippen LogP contribution in [0, 0.1) is 0 Å². The van der Waals surface area contributed by atoms with E-state index in [1.54, 1.807) is 6.20 Å². The molecule has 0 radical (unpaired) electrons. The molecule has 1 amide bonds. The van der Waals surface area contributed by atoms with Gasteiger partial charge in [-0.2, -0.15) is 0 Å². The zero-order chi connectivity index (χ0) is 19.9. The van der Waals surface area contributed by atoms with Crippen LogP contribution in [-0.4, -0.2) is 22.4 Å². The van der Waals surface area contributed by atoms with Crippen molar-refractivity contribution in [1.82, 2.24) is 15.3 Å². The molecule has 1 N–H and O–H groups in total. The molecule has 0 aliphatic rings. The van der Waals surface area contributed by atoms with Gasteiger partial charge in [0.05, 0.1) is 17.8 Å². The van der Waals surface area contributed by atoms with E-state index in [0.29, 0.717) is 6.54 Å². The number of aromatic nitrogens is 2. The first kappa shape index (κ1) is 19.0. The minimum absolute atomic E-state index is 0.0280. The van der Waals surface area contributed by atoms with Crippen molar-refractivity contribution in [3.63, 3.8) is 0 Å². The summed E-state index contributed by atoms with van der Waals surface area (Å²) in [6.07, 6.45) is 2.01. The number of hydrogen-bond donors (Lipinski definition) is 1. The maximum Gasteiger partial charge on any atom is 0.226 e. The van der Waals surface area contributed by atoms with Crippen LogP contribution >= 0.6 is 11.3 Å². The Hall–Kier alpha value is -3.31. The number of pyridine rings is 1. The van der Waals surface area contributed by atoms with Gasteiger partial charge in [0.2, 0.25) is 5.91 Å². The number of thiazole rings is 1. The monoisotopic (exact) mass is 399 g/mol. The molecule has 144 valence electrons. The van der Waals surface area contributed by atoms with Crippen molar-refractivity contribution < 1.29 is 4.79 Å². The number of hydrogen-bond acceptors (Lipinski definition) is 4. The van der Waals surface area contributed by atoms with Crippen molar-refractivity contribution in [2.45, 2.75) is 12.3 Å². The number of carbonyl (C=O) groups excluding carboxylic acids is 1. The molecule has 4 rings (SSSR count). The second kappa shape index (κ2) is 9.26. The minimum atomic E-state index is -0.0280. The minimum Gasteiger partial charge on any atom is -0.355 e. The van der Waals surface area contributed by atoms with Crippen molar-refractivity contribution >= 4 is 17.2 Å². The molecule has 0 saturated heterocycles. The van der Waals surface area contributed by atoms with Gasteiger partial charge in [0.25, 0.3) is 0 Å². The van der Waals surface area contributed by atoms with E-state index in [4.69, 9.17) is 0 Å². The van der Waals surface area contributed by atoms with E-state index in [2.05, 4.69) is 39.6 Å². The highest BCUT2D eigenvalue weighted by molar-refractivity contribution is 7.13. The molecule has 2 aromatic heterocycles. The summed E-state index contributed by atoms with van der Waals surface area (Å²) in [5, 5.41) is 5.85. The fourth-order valence-corrected chi connectivity index (χ4v) is 4.03. The summed E-state index contributed by atoms with van der Waals surface area (Å²) in [7, 11) is 0. The fourth-order valence-electron chi connectivity index (χ4n) is 3.24. The van der Waals surface area contributed by atoms with E-state index in [0.717, 1.165) is 16.4 Å². The van der Waals surface area contributed by atoms with Crippen LogP contribution in [0.5, 0.6) is 0 Å². The summed E-state index contributed by atoms with van der Waals surface area (Å²) in [5.74, 6) is 0.0839. The Kier molecular flexibility index (Phi) is 6.07. The molecule has 0 aliphatic carbocycles. The summed E-state index contributed by atoms with van der Waals surface area (Å²) in [6, 6.07) is 26.3. The van der Waals surface area contributed by atoms with Crippen LogP contribution < -0.4 is 5.32 Å². The first-order chi connectivity index (χ1) is 14.3. The smallest absolute Gasteiger partial charge is 0.226 e.